The van der Waals surface area contributed by atoms with Gasteiger partial charge in [-0.2, -0.15) is 0 Å². The number of esters is 1. The van der Waals surface area contributed by atoms with Crippen LogP contribution in [0.2, 0.25) is 0 Å². The molecule has 6 heteroatoms. The number of hydrogen-bond donors (Lipinski definition) is 3. The summed E-state index contributed by atoms with van der Waals surface area (Å²) in [6, 6.07) is 9.31. The Morgan fingerprint density at radius 2 is 1.82 bits per heavy atom. The maximum atomic E-state index is 12.1. The van der Waals surface area contributed by atoms with Crippen LogP contribution in [0.1, 0.15) is 31.2 Å². The van der Waals surface area contributed by atoms with Gasteiger partial charge >= 0.3 is 12.0 Å². The van der Waals surface area contributed by atoms with Crippen molar-refractivity contribution in [2.45, 2.75) is 32.3 Å². The van der Waals surface area contributed by atoms with Crippen LogP contribution in [0.15, 0.2) is 30.3 Å². The van der Waals surface area contributed by atoms with E-state index in [2.05, 4.69) is 5.32 Å². The van der Waals surface area contributed by atoms with Crippen molar-refractivity contribution in [3.05, 3.63) is 35.9 Å². The van der Waals surface area contributed by atoms with Crippen LogP contribution in [-0.2, 0) is 16.1 Å². The normalized spacial score (nSPS) is 21.0. The fourth-order valence-electron chi connectivity index (χ4n) is 2.74. The van der Waals surface area contributed by atoms with Crippen molar-refractivity contribution < 1.29 is 14.3 Å². The molecule has 2 amide bonds. The Labute approximate surface area is 130 Å². The molecule has 0 spiro atoms. The molecule has 1 aromatic rings. The minimum Gasteiger partial charge on any atom is -0.461 e. The van der Waals surface area contributed by atoms with Gasteiger partial charge in [0, 0.05) is 6.54 Å². The lowest BCUT2D eigenvalue weighted by atomic mass is 9.82. The second-order valence-corrected chi connectivity index (χ2v) is 5.67. The van der Waals surface area contributed by atoms with Crippen LogP contribution in [-0.4, -0.2) is 18.5 Å². The summed E-state index contributed by atoms with van der Waals surface area (Å²) in [6.07, 6.45) is 3.44. The Balaban J connectivity index is 1.67. The maximum Gasteiger partial charge on any atom is 0.328 e. The largest absolute Gasteiger partial charge is 0.461 e. The lowest BCUT2D eigenvalue weighted by Gasteiger charge is -2.27. The van der Waals surface area contributed by atoms with E-state index in [-0.39, 0.29) is 17.9 Å². The van der Waals surface area contributed by atoms with E-state index in [9.17, 15) is 9.59 Å². The number of ether oxygens (including phenoxy) is 1. The van der Waals surface area contributed by atoms with E-state index in [1.165, 1.54) is 0 Å². The highest BCUT2D eigenvalue weighted by Gasteiger charge is 2.27. The second kappa shape index (κ2) is 8.38. The molecular formula is C16H23N3O3. The Bertz CT molecular complexity index is 485. The lowest BCUT2D eigenvalue weighted by Crippen LogP contribution is -2.42. The van der Waals surface area contributed by atoms with Gasteiger partial charge in [0.2, 0.25) is 0 Å². The molecule has 22 heavy (non-hydrogen) atoms. The van der Waals surface area contributed by atoms with E-state index >= 15 is 0 Å². The summed E-state index contributed by atoms with van der Waals surface area (Å²) in [5, 5.41) is 2.70. The van der Waals surface area contributed by atoms with Gasteiger partial charge < -0.3 is 10.1 Å². The van der Waals surface area contributed by atoms with Gasteiger partial charge in [-0.1, -0.05) is 30.3 Å². The summed E-state index contributed by atoms with van der Waals surface area (Å²) >= 11 is 0. The zero-order valence-electron chi connectivity index (χ0n) is 12.6. The van der Waals surface area contributed by atoms with Gasteiger partial charge in [-0.25, -0.2) is 10.6 Å². The third-order valence-electron chi connectivity index (χ3n) is 4.09. The average Bonchev–Trinajstić information content (AvgIpc) is 2.59. The molecule has 0 unspecified atom stereocenters. The van der Waals surface area contributed by atoms with Gasteiger partial charge in [-0.05, 0) is 37.2 Å². The predicted octanol–water partition coefficient (Wildman–Crippen LogP) is 1.71. The van der Waals surface area contributed by atoms with Crippen molar-refractivity contribution in [3.63, 3.8) is 0 Å². The Morgan fingerprint density at radius 1 is 1.14 bits per heavy atom. The minimum absolute atomic E-state index is 0.0247. The number of benzene rings is 1. The number of rotatable bonds is 5. The van der Waals surface area contributed by atoms with Crippen LogP contribution >= 0.6 is 0 Å². The van der Waals surface area contributed by atoms with Gasteiger partial charge in [0.25, 0.3) is 0 Å². The van der Waals surface area contributed by atoms with Crippen molar-refractivity contribution in [1.29, 1.82) is 0 Å². The first-order chi connectivity index (χ1) is 10.7. The molecule has 120 valence electrons. The Morgan fingerprint density at radius 3 is 2.45 bits per heavy atom. The first-order valence-corrected chi connectivity index (χ1v) is 7.64. The van der Waals surface area contributed by atoms with Gasteiger partial charge in [0.05, 0.1) is 5.92 Å². The minimum atomic E-state index is -0.371. The number of carbonyl (C=O) groups excluding carboxylic acids is 2. The van der Waals surface area contributed by atoms with Crippen molar-refractivity contribution in [2.75, 3.05) is 6.54 Å². The summed E-state index contributed by atoms with van der Waals surface area (Å²) in [4.78, 5) is 23.1. The van der Waals surface area contributed by atoms with Gasteiger partial charge in [-0.15, -0.1) is 0 Å². The standard InChI is InChI=1S/C16H23N3O3/c17-19-16(21)18-10-12-6-8-14(9-7-12)15(20)22-11-13-4-2-1-3-5-13/h1-5,12,14H,6-11,17H2,(H2,18,19,21). The fourth-order valence-corrected chi connectivity index (χ4v) is 2.74. The number of urea groups is 1. The second-order valence-electron chi connectivity index (χ2n) is 5.67. The molecule has 2 rings (SSSR count). The number of nitrogens with two attached hydrogens (primary N) is 1. The lowest BCUT2D eigenvalue weighted by molar-refractivity contribution is -0.151. The zero-order chi connectivity index (χ0) is 15.8. The average molecular weight is 305 g/mol. The van der Waals surface area contributed by atoms with Crippen LogP contribution in [0.25, 0.3) is 0 Å². The van der Waals surface area contributed by atoms with E-state index in [1.807, 2.05) is 35.8 Å². The summed E-state index contributed by atoms with van der Waals surface area (Å²) in [5.41, 5.74) is 3.04. The van der Waals surface area contributed by atoms with Crippen molar-refractivity contribution >= 4 is 12.0 Å². The molecule has 6 nitrogen and oxygen atoms in total. The molecule has 1 saturated carbocycles. The monoisotopic (exact) mass is 305 g/mol. The summed E-state index contributed by atoms with van der Waals surface area (Å²) in [7, 11) is 0. The maximum absolute atomic E-state index is 12.1. The molecule has 0 bridgehead atoms. The van der Waals surface area contributed by atoms with E-state index in [1.54, 1.807) is 0 Å². The highest BCUT2D eigenvalue weighted by atomic mass is 16.5. The SMILES string of the molecule is NNC(=O)NCC1CCC(C(=O)OCc2ccccc2)CC1. The van der Waals surface area contributed by atoms with Crippen molar-refractivity contribution in [3.8, 4) is 0 Å². The third kappa shape index (κ3) is 5.04. The number of carbonyl (C=O) groups is 2. The molecule has 0 atom stereocenters. The number of nitrogens with one attached hydrogen (secondary N) is 2. The first kappa shape index (κ1) is 16.3. The molecule has 4 N–H and O–H groups in total. The number of hydrogen-bond acceptors (Lipinski definition) is 4. The van der Waals surface area contributed by atoms with Crippen molar-refractivity contribution in [1.82, 2.24) is 10.7 Å². The molecule has 1 aliphatic rings. The third-order valence-corrected chi connectivity index (χ3v) is 4.09. The highest BCUT2D eigenvalue weighted by Crippen LogP contribution is 2.29. The summed E-state index contributed by atoms with van der Waals surface area (Å²) < 4.78 is 5.38. The molecule has 0 heterocycles. The fraction of sp³-hybridized carbons (Fsp3) is 0.500. The smallest absolute Gasteiger partial charge is 0.328 e. The number of hydrazine groups is 1. The molecular weight excluding hydrogens is 282 g/mol. The molecule has 1 aliphatic carbocycles. The summed E-state index contributed by atoms with van der Waals surface area (Å²) in [6.45, 7) is 0.923. The van der Waals surface area contributed by atoms with Gasteiger partial charge in [-0.3, -0.25) is 10.2 Å². The van der Waals surface area contributed by atoms with Crippen LogP contribution in [0.4, 0.5) is 4.79 Å². The van der Waals surface area contributed by atoms with E-state index in [0.29, 0.717) is 19.1 Å². The predicted molar refractivity (Wildman–Crippen MR) is 82.4 cm³/mol. The number of amides is 2. The topological polar surface area (TPSA) is 93.5 Å². The Kier molecular flexibility index (Phi) is 6.21. The van der Waals surface area contributed by atoms with Crippen molar-refractivity contribution in [2.24, 2.45) is 17.7 Å². The van der Waals surface area contributed by atoms with Crippen LogP contribution in [0, 0.1) is 11.8 Å². The van der Waals surface area contributed by atoms with E-state index in [0.717, 1.165) is 31.2 Å². The van der Waals surface area contributed by atoms with Gasteiger partial charge in [0.15, 0.2) is 0 Å². The van der Waals surface area contributed by atoms with Crippen LogP contribution < -0.4 is 16.6 Å². The molecule has 0 aromatic heterocycles. The highest BCUT2D eigenvalue weighted by molar-refractivity contribution is 5.73. The van der Waals surface area contributed by atoms with E-state index in [4.69, 9.17) is 10.6 Å². The first-order valence-electron chi connectivity index (χ1n) is 7.64. The molecule has 1 fully saturated rings. The summed E-state index contributed by atoms with van der Waals surface area (Å²) in [5.74, 6) is 5.27. The Hall–Kier alpha value is -2.08. The quantitative estimate of drug-likeness (QED) is 0.334. The molecule has 0 radical (unpaired) electrons. The van der Waals surface area contributed by atoms with Gasteiger partial charge in [0.1, 0.15) is 6.61 Å². The molecule has 1 aromatic carbocycles. The molecule has 0 saturated heterocycles. The zero-order valence-corrected chi connectivity index (χ0v) is 12.6. The van der Waals surface area contributed by atoms with E-state index < -0.39 is 0 Å². The van der Waals surface area contributed by atoms with Crippen LogP contribution in [0.3, 0.4) is 0 Å². The molecule has 0 aliphatic heterocycles. The van der Waals surface area contributed by atoms with Crippen LogP contribution in [0.5, 0.6) is 0 Å².